The average Bonchev–Trinajstić information content (AvgIpc) is 3.40. The Morgan fingerprint density at radius 2 is 1.94 bits per heavy atom. The second kappa shape index (κ2) is 8.61. The number of carbonyl (C=O) groups excluding carboxylic acids is 3. The molecule has 2 N–H and O–H groups in total. The molecular weight excluding hydrogens is 452 g/mol. The molecule has 4 rings (SSSR count). The second-order valence-electron chi connectivity index (χ2n) is 7.97. The molecule has 0 bridgehead atoms. The fraction of sp³-hybridized carbons (Fsp3) is 0.381. The first kappa shape index (κ1) is 23.0. The van der Waals surface area contributed by atoms with Gasteiger partial charge in [-0.3, -0.25) is 14.5 Å². The monoisotopic (exact) mass is 476 g/mol. The van der Waals surface area contributed by atoms with Crippen LogP contribution in [0.15, 0.2) is 45.9 Å². The minimum absolute atomic E-state index is 0.0718. The number of imide groups is 1. The minimum Gasteiger partial charge on any atom is -0.466 e. The zero-order valence-corrected chi connectivity index (χ0v) is 19.0. The lowest BCUT2D eigenvalue weighted by Crippen LogP contribution is -2.42. The highest BCUT2D eigenvalue weighted by atomic mass is 32.2. The molecule has 0 radical (unpaired) electrons. The van der Waals surface area contributed by atoms with Gasteiger partial charge in [-0.25, -0.2) is 13.2 Å². The number of nitrogens with one attached hydrogen (secondary N) is 2. The van der Waals surface area contributed by atoms with Crippen LogP contribution in [-0.2, 0) is 29.9 Å². The summed E-state index contributed by atoms with van der Waals surface area (Å²) in [6, 6.07) is 6.94. The normalized spacial score (nSPS) is 21.8. The van der Waals surface area contributed by atoms with E-state index in [4.69, 9.17) is 9.15 Å². The first-order valence-electron chi connectivity index (χ1n) is 10.3. The van der Waals surface area contributed by atoms with Crippen LogP contribution in [0.4, 0.5) is 10.5 Å². The number of aryl methyl sites for hydroxylation is 1. The SMILES string of the molecule is Cc1ccc(NC(=O)CN2C(=O)NC(C)(c3ccco3)C2=O)cc1S(=O)(=O)N1CCOCC1. The quantitative estimate of drug-likeness (QED) is 0.594. The summed E-state index contributed by atoms with van der Waals surface area (Å²) in [7, 11) is -3.77. The van der Waals surface area contributed by atoms with Crippen LogP contribution in [0, 0.1) is 6.92 Å². The number of anilines is 1. The lowest BCUT2D eigenvalue weighted by Gasteiger charge is -2.27. The average molecular weight is 477 g/mol. The Hall–Kier alpha value is -3.22. The van der Waals surface area contributed by atoms with Crippen LogP contribution in [0.25, 0.3) is 0 Å². The van der Waals surface area contributed by atoms with Crippen LogP contribution in [0.2, 0.25) is 0 Å². The van der Waals surface area contributed by atoms with Crippen molar-refractivity contribution in [3.8, 4) is 0 Å². The summed E-state index contributed by atoms with van der Waals surface area (Å²) >= 11 is 0. The van der Waals surface area contributed by atoms with Crippen LogP contribution in [0.1, 0.15) is 18.2 Å². The molecule has 12 heteroatoms. The molecule has 2 fully saturated rings. The van der Waals surface area contributed by atoms with Crippen molar-refractivity contribution in [2.75, 3.05) is 38.2 Å². The number of rotatable bonds is 6. The summed E-state index contributed by atoms with van der Waals surface area (Å²) in [5.74, 6) is -1.03. The van der Waals surface area contributed by atoms with Gasteiger partial charge in [0.15, 0.2) is 5.54 Å². The predicted octanol–water partition coefficient (Wildman–Crippen LogP) is 1.01. The van der Waals surface area contributed by atoms with Crippen LogP contribution in [0.5, 0.6) is 0 Å². The molecule has 0 spiro atoms. The molecule has 2 aliphatic heterocycles. The zero-order chi connectivity index (χ0) is 23.8. The number of benzene rings is 1. The van der Waals surface area contributed by atoms with Crippen molar-refractivity contribution in [2.24, 2.45) is 0 Å². The van der Waals surface area contributed by atoms with Gasteiger partial charge in [0.1, 0.15) is 12.3 Å². The van der Waals surface area contributed by atoms with E-state index in [1.165, 1.54) is 23.6 Å². The molecule has 33 heavy (non-hydrogen) atoms. The molecule has 1 atom stereocenters. The van der Waals surface area contributed by atoms with Crippen molar-refractivity contribution in [1.29, 1.82) is 0 Å². The number of morpholine rings is 1. The van der Waals surface area contributed by atoms with Crippen molar-refractivity contribution in [3.63, 3.8) is 0 Å². The lowest BCUT2D eigenvalue weighted by atomic mass is 9.99. The van der Waals surface area contributed by atoms with E-state index in [1.807, 2.05) is 0 Å². The van der Waals surface area contributed by atoms with Crippen LogP contribution in [0.3, 0.4) is 0 Å². The highest BCUT2D eigenvalue weighted by Crippen LogP contribution is 2.29. The van der Waals surface area contributed by atoms with E-state index < -0.39 is 40.0 Å². The number of amides is 4. The van der Waals surface area contributed by atoms with E-state index in [2.05, 4.69) is 10.6 Å². The first-order chi connectivity index (χ1) is 15.6. The number of hydrogen-bond donors (Lipinski definition) is 2. The molecule has 11 nitrogen and oxygen atoms in total. The summed E-state index contributed by atoms with van der Waals surface area (Å²) < 4.78 is 37.9. The zero-order valence-electron chi connectivity index (χ0n) is 18.2. The Kier molecular flexibility index (Phi) is 5.99. The maximum Gasteiger partial charge on any atom is 0.325 e. The summed E-state index contributed by atoms with van der Waals surface area (Å²) in [5.41, 5.74) is -0.648. The van der Waals surface area contributed by atoms with Gasteiger partial charge in [0, 0.05) is 18.8 Å². The Morgan fingerprint density at radius 3 is 2.61 bits per heavy atom. The molecule has 3 heterocycles. The summed E-state index contributed by atoms with van der Waals surface area (Å²) in [6.45, 7) is 3.75. The smallest absolute Gasteiger partial charge is 0.325 e. The van der Waals surface area contributed by atoms with Gasteiger partial charge in [-0.05, 0) is 43.7 Å². The molecule has 1 aromatic carbocycles. The molecule has 2 aliphatic rings. The Bertz CT molecular complexity index is 1190. The van der Waals surface area contributed by atoms with Crippen molar-refractivity contribution < 1.29 is 32.0 Å². The maximum absolute atomic E-state index is 13.0. The largest absolute Gasteiger partial charge is 0.466 e. The van der Waals surface area contributed by atoms with Gasteiger partial charge in [-0.15, -0.1) is 0 Å². The summed E-state index contributed by atoms with van der Waals surface area (Å²) in [5, 5.41) is 5.11. The molecule has 4 amide bonds. The van der Waals surface area contributed by atoms with Gasteiger partial charge >= 0.3 is 6.03 Å². The number of ether oxygens (including phenoxy) is 1. The predicted molar refractivity (Wildman–Crippen MR) is 116 cm³/mol. The standard InChI is InChI=1S/C21H24N4O7S/c1-14-5-6-15(12-16(14)33(29,30)24-7-10-31-11-8-24)22-18(26)13-25-19(27)21(2,23-20(25)28)17-4-3-9-32-17/h3-6,9,12H,7-8,10-11,13H2,1-2H3,(H,22,26)(H,23,28). The number of nitrogens with zero attached hydrogens (tertiary/aromatic N) is 2. The fourth-order valence-electron chi connectivity index (χ4n) is 3.80. The van der Waals surface area contributed by atoms with Gasteiger partial charge in [0.2, 0.25) is 15.9 Å². The first-order valence-corrected chi connectivity index (χ1v) is 11.7. The number of urea groups is 1. The van der Waals surface area contributed by atoms with E-state index >= 15 is 0 Å². The van der Waals surface area contributed by atoms with E-state index in [-0.39, 0.29) is 29.4 Å². The Morgan fingerprint density at radius 1 is 1.21 bits per heavy atom. The van der Waals surface area contributed by atoms with Crippen molar-refractivity contribution >= 4 is 33.6 Å². The number of carbonyl (C=O) groups is 3. The van der Waals surface area contributed by atoms with Crippen molar-refractivity contribution in [3.05, 3.63) is 47.9 Å². The van der Waals surface area contributed by atoms with E-state index in [0.717, 1.165) is 4.90 Å². The van der Waals surface area contributed by atoms with E-state index in [9.17, 15) is 22.8 Å². The minimum atomic E-state index is -3.77. The highest BCUT2D eigenvalue weighted by Gasteiger charge is 2.51. The summed E-state index contributed by atoms with van der Waals surface area (Å²) in [6.07, 6.45) is 1.38. The van der Waals surface area contributed by atoms with Crippen molar-refractivity contribution in [2.45, 2.75) is 24.3 Å². The van der Waals surface area contributed by atoms with Gasteiger partial charge in [0.05, 0.1) is 24.4 Å². The number of furan rings is 1. The topological polar surface area (TPSA) is 138 Å². The van der Waals surface area contributed by atoms with Gasteiger partial charge in [-0.1, -0.05) is 6.07 Å². The second-order valence-corrected chi connectivity index (χ2v) is 9.88. The number of sulfonamides is 1. The third-order valence-electron chi connectivity index (χ3n) is 5.65. The molecule has 2 saturated heterocycles. The Balaban J connectivity index is 1.49. The van der Waals surface area contributed by atoms with Gasteiger partial charge < -0.3 is 19.8 Å². The molecule has 1 aromatic heterocycles. The molecular formula is C21H24N4O7S. The molecule has 0 saturated carbocycles. The fourth-order valence-corrected chi connectivity index (χ4v) is 5.46. The van der Waals surface area contributed by atoms with Crippen LogP contribution < -0.4 is 10.6 Å². The third-order valence-corrected chi connectivity index (χ3v) is 7.69. The molecule has 176 valence electrons. The number of hydrogen-bond acceptors (Lipinski definition) is 7. The van der Waals surface area contributed by atoms with Crippen LogP contribution in [-0.4, -0.2) is 68.3 Å². The molecule has 1 unspecified atom stereocenters. The molecule has 0 aliphatic carbocycles. The highest BCUT2D eigenvalue weighted by molar-refractivity contribution is 7.89. The maximum atomic E-state index is 13.0. The van der Waals surface area contributed by atoms with Gasteiger partial charge in [-0.2, -0.15) is 4.31 Å². The van der Waals surface area contributed by atoms with E-state index in [0.29, 0.717) is 18.8 Å². The van der Waals surface area contributed by atoms with E-state index in [1.54, 1.807) is 31.2 Å². The Labute approximate surface area is 190 Å². The van der Waals surface area contributed by atoms with Gasteiger partial charge in [0.25, 0.3) is 5.91 Å². The summed E-state index contributed by atoms with van der Waals surface area (Å²) in [4.78, 5) is 38.7. The van der Waals surface area contributed by atoms with Crippen molar-refractivity contribution in [1.82, 2.24) is 14.5 Å². The molecule has 2 aromatic rings. The third kappa shape index (κ3) is 4.24. The van der Waals surface area contributed by atoms with Crippen LogP contribution >= 0.6 is 0 Å². The lowest BCUT2D eigenvalue weighted by molar-refractivity contribution is -0.134.